The smallest absolute Gasteiger partial charge is 0.272 e. The number of nitrogens with zero attached hydrogens (tertiary/aromatic N) is 1. The van der Waals surface area contributed by atoms with Crippen molar-refractivity contribution in [2.75, 3.05) is 0 Å². The average Bonchev–Trinajstić information content (AvgIpc) is 3.10. The fourth-order valence-electron chi connectivity index (χ4n) is 2.08. The lowest BCUT2D eigenvalue weighted by molar-refractivity contribution is 0.0844. The molecule has 0 bridgehead atoms. The van der Waals surface area contributed by atoms with E-state index in [1.807, 2.05) is 36.4 Å². The first-order chi connectivity index (χ1) is 11.6. The minimum atomic E-state index is -0.479. The predicted octanol–water partition coefficient (Wildman–Crippen LogP) is 2.91. The van der Waals surface area contributed by atoms with Crippen molar-refractivity contribution in [2.45, 2.75) is 0 Å². The topological polar surface area (TPSA) is 86.9 Å². The average molecular weight is 385 g/mol. The quantitative estimate of drug-likeness (QED) is 0.606. The number of amides is 2. The van der Waals surface area contributed by atoms with Gasteiger partial charge in [-0.15, -0.1) is 0 Å². The molecule has 0 atom stereocenters. The number of hydrazine groups is 1. The SMILES string of the molecule is O=C(NNC(=O)c1cc(-c2ccccc2)n[nH]1)c1cccc(Br)c1. The van der Waals surface area contributed by atoms with E-state index < -0.39 is 11.8 Å². The number of rotatable bonds is 3. The maximum Gasteiger partial charge on any atom is 0.287 e. The highest BCUT2D eigenvalue weighted by molar-refractivity contribution is 9.10. The minimum absolute atomic E-state index is 0.253. The Bertz CT molecular complexity index is 877. The van der Waals surface area contributed by atoms with Crippen LogP contribution in [0.2, 0.25) is 0 Å². The van der Waals surface area contributed by atoms with Crippen molar-refractivity contribution < 1.29 is 9.59 Å². The van der Waals surface area contributed by atoms with Gasteiger partial charge in [-0.05, 0) is 24.3 Å². The van der Waals surface area contributed by atoms with Crippen molar-refractivity contribution in [2.24, 2.45) is 0 Å². The van der Waals surface area contributed by atoms with Crippen molar-refractivity contribution in [3.05, 3.63) is 76.4 Å². The Labute approximate surface area is 146 Å². The number of nitrogens with one attached hydrogen (secondary N) is 3. The third kappa shape index (κ3) is 3.69. The second kappa shape index (κ2) is 7.10. The zero-order chi connectivity index (χ0) is 16.9. The van der Waals surface area contributed by atoms with E-state index in [1.54, 1.807) is 24.3 Å². The van der Waals surface area contributed by atoms with Gasteiger partial charge in [0, 0.05) is 15.6 Å². The second-order valence-electron chi connectivity index (χ2n) is 4.95. The molecule has 0 saturated carbocycles. The lowest BCUT2D eigenvalue weighted by atomic mass is 10.1. The van der Waals surface area contributed by atoms with Crippen LogP contribution in [-0.2, 0) is 0 Å². The van der Waals surface area contributed by atoms with Crippen LogP contribution >= 0.6 is 15.9 Å². The van der Waals surface area contributed by atoms with E-state index in [-0.39, 0.29) is 5.69 Å². The first kappa shape index (κ1) is 15.9. The number of carbonyl (C=O) groups is 2. The Kier molecular flexibility index (Phi) is 4.72. The molecule has 3 rings (SSSR count). The van der Waals surface area contributed by atoms with Crippen LogP contribution in [0.5, 0.6) is 0 Å². The number of H-pyrrole nitrogens is 1. The van der Waals surface area contributed by atoms with Crippen LogP contribution in [0.4, 0.5) is 0 Å². The molecular formula is C17H13BrN4O2. The molecule has 0 aliphatic carbocycles. The second-order valence-corrected chi connectivity index (χ2v) is 5.87. The van der Waals surface area contributed by atoms with Crippen LogP contribution < -0.4 is 10.9 Å². The fourth-order valence-corrected chi connectivity index (χ4v) is 2.48. The van der Waals surface area contributed by atoms with E-state index in [9.17, 15) is 9.59 Å². The van der Waals surface area contributed by atoms with Gasteiger partial charge in [0.1, 0.15) is 5.69 Å². The Morgan fingerprint density at radius 1 is 0.917 bits per heavy atom. The Morgan fingerprint density at radius 3 is 2.42 bits per heavy atom. The lowest BCUT2D eigenvalue weighted by Crippen LogP contribution is -2.41. The van der Waals surface area contributed by atoms with Gasteiger partial charge in [0.25, 0.3) is 11.8 Å². The van der Waals surface area contributed by atoms with Crippen LogP contribution in [-0.4, -0.2) is 22.0 Å². The summed E-state index contributed by atoms with van der Waals surface area (Å²) < 4.78 is 0.780. The summed E-state index contributed by atoms with van der Waals surface area (Å²) in [6, 6.07) is 18.0. The van der Waals surface area contributed by atoms with Gasteiger partial charge in [-0.2, -0.15) is 5.10 Å². The van der Waals surface area contributed by atoms with E-state index >= 15 is 0 Å². The Hall–Kier alpha value is -2.93. The third-order valence-electron chi connectivity index (χ3n) is 3.27. The standard InChI is InChI=1S/C17H13BrN4O2/c18-13-8-4-7-12(9-13)16(23)21-22-17(24)15-10-14(19-20-15)11-5-2-1-3-6-11/h1-10H,(H,19,20)(H,21,23)(H,22,24). The van der Waals surface area contributed by atoms with Gasteiger partial charge < -0.3 is 0 Å². The highest BCUT2D eigenvalue weighted by Crippen LogP contribution is 2.16. The molecule has 3 aromatic rings. The van der Waals surface area contributed by atoms with E-state index in [0.29, 0.717) is 11.3 Å². The first-order valence-electron chi connectivity index (χ1n) is 7.10. The molecule has 3 N–H and O–H groups in total. The van der Waals surface area contributed by atoms with Gasteiger partial charge in [0.2, 0.25) is 0 Å². The highest BCUT2D eigenvalue weighted by atomic mass is 79.9. The lowest BCUT2D eigenvalue weighted by Gasteiger charge is -2.06. The van der Waals surface area contributed by atoms with Crippen LogP contribution in [0.25, 0.3) is 11.3 Å². The van der Waals surface area contributed by atoms with Gasteiger partial charge in [-0.25, -0.2) is 0 Å². The molecule has 0 aliphatic rings. The summed E-state index contributed by atoms with van der Waals surface area (Å²) in [6.07, 6.45) is 0. The highest BCUT2D eigenvalue weighted by Gasteiger charge is 2.12. The van der Waals surface area contributed by atoms with E-state index in [1.165, 1.54) is 0 Å². The zero-order valence-corrected chi connectivity index (χ0v) is 14.0. The molecule has 0 aliphatic heterocycles. The van der Waals surface area contributed by atoms with Gasteiger partial charge in [0.05, 0.1) is 5.69 Å². The number of halogens is 1. The number of hydrogen-bond donors (Lipinski definition) is 3. The molecule has 2 amide bonds. The van der Waals surface area contributed by atoms with Gasteiger partial charge >= 0.3 is 0 Å². The summed E-state index contributed by atoms with van der Waals surface area (Å²) in [5.74, 6) is -0.888. The van der Waals surface area contributed by atoms with Crippen LogP contribution in [0.3, 0.4) is 0 Å². The molecule has 0 unspecified atom stereocenters. The summed E-state index contributed by atoms with van der Waals surface area (Å²) in [5, 5.41) is 6.76. The Morgan fingerprint density at radius 2 is 1.67 bits per heavy atom. The third-order valence-corrected chi connectivity index (χ3v) is 3.76. The molecule has 2 aromatic carbocycles. The van der Waals surface area contributed by atoms with Crippen molar-refractivity contribution >= 4 is 27.7 Å². The molecular weight excluding hydrogens is 372 g/mol. The first-order valence-corrected chi connectivity index (χ1v) is 7.90. The van der Waals surface area contributed by atoms with E-state index in [4.69, 9.17) is 0 Å². The number of benzene rings is 2. The van der Waals surface area contributed by atoms with Gasteiger partial charge in [0.15, 0.2) is 0 Å². The Balaban J connectivity index is 1.63. The van der Waals surface area contributed by atoms with Crippen molar-refractivity contribution in [3.8, 4) is 11.3 Å². The molecule has 1 aromatic heterocycles. The predicted molar refractivity (Wildman–Crippen MR) is 93.1 cm³/mol. The maximum atomic E-state index is 12.1. The van der Waals surface area contributed by atoms with E-state index in [2.05, 4.69) is 37.0 Å². The molecule has 1 heterocycles. The largest absolute Gasteiger partial charge is 0.287 e. The molecule has 0 saturated heterocycles. The summed E-state index contributed by atoms with van der Waals surface area (Å²) in [7, 11) is 0. The molecule has 0 spiro atoms. The van der Waals surface area contributed by atoms with Crippen molar-refractivity contribution in [1.29, 1.82) is 0 Å². The number of hydrogen-bond acceptors (Lipinski definition) is 3. The normalized spacial score (nSPS) is 10.2. The summed E-state index contributed by atoms with van der Waals surface area (Å²) in [5.41, 5.74) is 6.95. The molecule has 24 heavy (non-hydrogen) atoms. The summed E-state index contributed by atoms with van der Waals surface area (Å²) in [6.45, 7) is 0. The van der Waals surface area contributed by atoms with Crippen LogP contribution in [0, 0.1) is 0 Å². The van der Waals surface area contributed by atoms with Gasteiger partial charge in [-0.1, -0.05) is 52.3 Å². The van der Waals surface area contributed by atoms with E-state index in [0.717, 1.165) is 10.0 Å². The van der Waals surface area contributed by atoms with Gasteiger partial charge in [-0.3, -0.25) is 25.5 Å². The summed E-state index contributed by atoms with van der Waals surface area (Å²) >= 11 is 3.29. The van der Waals surface area contributed by atoms with Crippen LogP contribution in [0.1, 0.15) is 20.8 Å². The summed E-state index contributed by atoms with van der Waals surface area (Å²) in [4.78, 5) is 24.1. The molecule has 6 nitrogen and oxygen atoms in total. The number of carbonyl (C=O) groups excluding carboxylic acids is 2. The molecule has 0 radical (unpaired) electrons. The fraction of sp³-hybridized carbons (Fsp3) is 0. The minimum Gasteiger partial charge on any atom is -0.272 e. The molecule has 120 valence electrons. The monoisotopic (exact) mass is 384 g/mol. The number of aromatic amines is 1. The van der Waals surface area contributed by atoms with Crippen LogP contribution in [0.15, 0.2) is 65.1 Å². The van der Waals surface area contributed by atoms with Crippen molar-refractivity contribution in [1.82, 2.24) is 21.0 Å². The molecule has 7 heteroatoms. The maximum absolute atomic E-state index is 12.1. The van der Waals surface area contributed by atoms with Crippen molar-refractivity contribution in [3.63, 3.8) is 0 Å². The number of aromatic nitrogens is 2. The zero-order valence-electron chi connectivity index (χ0n) is 12.4. The molecule has 0 fully saturated rings.